The van der Waals surface area contributed by atoms with Gasteiger partial charge in [0.15, 0.2) is 11.9 Å². The van der Waals surface area contributed by atoms with Crippen LogP contribution in [0.2, 0.25) is 10.0 Å². The number of methoxy groups -OCH3 is 1. The van der Waals surface area contributed by atoms with E-state index in [9.17, 15) is 14.4 Å². The standard InChI is InChI=1S/C14H10Cl2FNO3/c1-21-14(19)10-6-9(18(20)7-12(10)16)5-8-3-2-4-11(15)13(8)17/h2-4,6-7H,5H2,1H3. The number of rotatable bonds is 3. The summed E-state index contributed by atoms with van der Waals surface area (Å²) >= 11 is 11.5. The molecule has 0 saturated heterocycles. The van der Waals surface area contributed by atoms with E-state index >= 15 is 0 Å². The number of hydrogen-bond donors (Lipinski definition) is 0. The Morgan fingerprint density at radius 3 is 2.76 bits per heavy atom. The Labute approximate surface area is 130 Å². The molecule has 2 aromatic rings. The zero-order valence-corrected chi connectivity index (χ0v) is 12.4. The summed E-state index contributed by atoms with van der Waals surface area (Å²) in [6.07, 6.45) is 1.00. The summed E-state index contributed by atoms with van der Waals surface area (Å²) in [6, 6.07) is 5.77. The van der Waals surface area contributed by atoms with Crippen molar-refractivity contribution in [1.29, 1.82) is 0 Å². The lowest BCUT2D eigenvalue weighted by Gasteiger charge is -2.09. The van der Waals surface area contributed by atoms with Crippen molar-refractivity contribution in [2.24, 2.45) is 0 Å². The molecule has 0 bridgehead atoms. The van der Waals surface area contributed by atoms with Crippen LogP contribution in [0.1, 0.15) is 21.6 Å². The van der Waals surface area contributed by atoms with E-state index in [1.54, 1.807) is 6.07 Å². The predicted octanol–water partition coefficient (Wildman–Crippen LogP) is 3.14. The van der Waals surface area contributed by atoms with E-state index in [4.69, 9.17) is 23.2 Å². The molecule has 0 aliphatic rings. The Morgan fingerprint density at radius 1 is 1.38 bits per heavy atom. The first kappa shape index (κ1) is 15.5. The fraction of sp³-hybridized carbons (Fsp3) is 0.143. The van der Waals surface area contributed by atoms with Crippen LogP contribution < -0.4 is 4.73 Å². The zero-order valence-electron chi connectivity index (χ0n) is 10.9. The van der Waals surface area contributed by atoms with Gasteiger partial charge in [0.1, 0.15) is 10.8 Å². The average Bonchev–Trinajstić information content (AvgIpc) is 2.45. The van der Waals surface area contributed by atoms with Gasteiger partial charge in [-0.05, 0) is 11.6 Å². The molecule has 1 aromatic heterocycles. The van der Waals surface area contributed by atoms with Crippen LogP contribution >= 0.6 is 23.2 Å². The van der Waals surface area contributed by atoms with E-state index in [1.807, 2.05) is 0 Å². The lowest BCUT2D eigenvalue weighted by Crippen LogP contribution is -2.32. The van der Waals surface area contributed by atoms with Gasteiger partial charge in [-0.15, -0.1) is 0 Å². The zero-order chi connectivity index (χ0) is 15.6. The van der Waals surface area contributed by atoms with E-state index in [-0.39, 0.29) is 33.3 Å². The number of nitrogens with zero attached hydrogens (tertiary/aromatic N) is 1. The molecule has 7 heteroatoms. The van der Waals surface area contributed by atoms with Gasteiger partial charge < -0.3 is 9.94 Å². The van der Waals surface area contributed by atoms with Crippen molar-refractivity contribution in [3.8, 4) is 0 Å². The molecule has 0 spiro atoms. The minimum atomic E-state index is -0.673. The Hall–Kier alpha value is -1.85. The number of carbonyl (C=O) groups is 1. The van der Waals surface area contributed by atoms with Gasteiger partial charge in [0, 0.05) is 6.07 Å². The highest BCUT2D eigenvalue weighted by atomic mass is 35.5. The third-order valence-corrected chi connectivity index (χ3v) is 3.48. The van der Waals surface area contributed by atoms with Crippen LogP contribution in [-0.2, 0) is 11.2 Å². The Balaban J connectivity index is 2.44. The van der Waals surface area contributed by atoms with Gasteiger partial charge >= 0.3 is 5.97 Å². The van der Waals surface area contributed by atoms with E-state index in [2.05, 4.69) is 4.74 Å². The fourth-order valence-corrected chi connectivity index (χ4v) is 2.24. The molecule has 0 amide bonds. The Kier molecular flexibility index (Phi) is 4.65. The Bertz CT molecular complexity index is 707. The van der Waals surface area contributed by atoms with Gasteiger partial charge in [0.2, 0.25) is 0 Å². The second-order valence-electron chi connectivity index (χ2n) is 4.23. The van der Waals surface area contributed by atoms with Gasteiger partial charge in [0.05, 0.1) is 24.1 Å². The molecule has 21 heavy (non-hydrogen) atoms. The van der Waals surface area contributed by atoms with Crippen molar-refractivity contribution < 1.29 is 18.7 Å². The largest absolute Gasteiger partial charge is 0.618 e. The van der Waals surface area contributed by atoms with Crippen molar-refractivity contribution in [1.82, 2.24) is 0 Å². The van der Waals surface area contributed by atoms with E-state index < -0.39 is 11.8 Å². The van der Waals surface area contributed by atoms with Gasteiger partial charge in [-0.25, -0.2) is 9.18 Å². The molecule has 1 aromatic carbocycles. The number of hydrogen-bond acceptors (Lipinski definition) is 3. The molecule has 0 unspecified atom stereocenters. The minimum absolute atomic E-state index is 0.0307. The third-order valence-electron chi connectivity index (χ3n) is 2.89. The molecule has 1 heterocycles. The maximum Gasteiger partial charge on any atom is 0.339 e. The molecule has 0 atom stereocenters. The molecule has 0 aliphatic carbocycles. The summed E-state index contributed by atoms with van der Waals surface area (Å²) in [6.45, 7) is 0. The van der Waals surface area contributed by atoms with Crippen LogP contribution in [0.3, 0.4) is 0 Å². The van der Waals surface area contributed by atoms with Crippen LogP contribution in [0.5, 0.6) is 0 Å². The van der Waals surface area contributed by atoms with Crippen LogP contribution in [0.4, 0.5) is 4.39 Å². The van der Waals surface area contributed by atoms with Crippen LogP contribution in [0, 0.1) is 11.0 Å². The smallest absolute Gasteiger partial charge is 0.339 e. The summed E-state index contributed by atoms with van der Waals surface area (Å²) in [7, 11) is 1.20. The second kappa shape index (κ2) is 6.28. The molecule has 0 saturated carbocycles. The van der Waals surface area contributed by atoms with Crippen LogP contribution in [0.15, 0.2) is 30.5 Å². The molecule has 110 valence electrons. The molecule has 0 radical (unpaired) electrons. The van der Waals surface area contributed by atoms with Crippen molar-refractivity contribution in [2.45, 2.75) is 6.42 Å². The van der Waals surface area contributed by atoms with Gasteiger partial charge in [-0.2, -0.15) is 4.73 Å². The van der Waals surface area contributed by atoms with Crippen molar-refractivity contribution in [2.75, 3.05) is 7.11 Å². The number of ether oxygens (including phenoxy) is 1. The first-order valence-corrected chi connectivity index (χ1v) is 6.62. The predicted molar refractivity (Wildman–Crippen MR) is 76.0 cm³/mol. The summed E-state index contributed by atoms with van der Waals surface area (Å²) in [4.78, 5) is 11.6. The molecular formula is C14H10Cl2FNO3. The minimum Gasteiger partial charge on any atom is -0.618 e. The summed E-state index contributed by atoms with van der Waals surface area (Å²) in [5.74, 6) is -1.28. The lowest BCUT2D eigenvalue weighted by molar-refractivity contribution is -0.613. The van der Waals surface area contributed by atoms with Crippen molar-refractivity contribution in [3.63, 3.8) is 0 Å². The summed E-state index contributed by atoms with van der Waals surface area (Å²) < 4.78 is 18.9. The maximum absolute atomic E-state index is 13.9. The van der Waals surface area contributed by atoms with Crippen molar-refractivity contribution in [3.05, 3.63) is 68.4 Å². The lowest BCUT2D eigenvalue weighted by atomic mass is 10.1. The second-order valence-corrected chi connectivity index (χ2v) is 5.05. The summed E-state index contributed by atoms with van der Waals surface area (Å²) in [5.41, 5.74) is 0.440. The van der Waals surface area contributed by atoms with Crippen LogP contribution in [0.25, 0.3) is 0 Å². The highest BCUT2D eigenvalue weighted by Crippen LogP contribution is 2.21. The molecule has 2 rings (SSSR count). The van der Waals surface area contributed by atoms with Gasteiger partial charge in [-0.3, -0.25) is 0 Å². The first-order chi connectivity index (χ1) is 9.93. The monoisotopic (exact) mass is 329 g/mol. The van der Waals surface area contributed by atoms with Gasteiger partial charge in [0.25, 0.3) is 0 Å². The molecule has 4 nitrogen and oxygen atoms in total. The number of esters is 1. The fourth-order valence-electron chi connectivity index (χ4n) is 1.83. The molecule has 0 N–H and O–H groups in total. The number of pyridine rings is 1. The van der Waals surface area contributed by atoms with Crippen molar-refractivity contribution >= 4 is 29.2 Å². The number of benzene rings is 1. The van der Waals surface area contributed by atoms with E-state index in [1.165, 1.54) is 25.3 Å². The molecule has 0 fully saturated rings. The van der Waals surface area contributed by atoms with E-state index in [0.29, 0.717) is 4.73 Å². The number of halogens is 3. The SMILES string of the molecule is COC(=O)c1cc(Cc2cccc(Cl)c2F)[n+]([O-])cc1Cl. The highest BCUT2D eigenvalue weighted by Gasteiger charge is 2.19. The first-order valence-electron chi connectivity index (χ1n) is 5.86. The summed E-state index contributed by atoms with van der Waals surface area (Å²) in [5, 5.41) is 11.8. The molecule has 0 aliphatic heterocycles. The third kappa shape index (κ3) is 3.25. The topological polar surface area (TPSA) is 53.2 Å². The number of carbonyl (C=O) groups excluding carboxylic acids is 1. The van der Waals surface area contributed by atoms with Gasteiger partial charge in [-0.1, -0.05) is 35.3 Å². The Morgan fingerprint density at radius 2 is 2.10 bits per heavy atom. The maximum atomic E-state index is 13.9. The molecular weight excluding hydrogens is 320 g/mol. The van der Waals surface area contributed by atoms with Crippen LogP contribution in [-0.4, -0.2) is 13.1 Å². The number of aromatic nitrogens is 1. The average molecular weight is 330 g/mol. The van der Waals surface area contributed by atoms with E-state index in [0.717, 1.165) is 6.20 Å². The quantitative estimate of drug-likeness (QED) is 0.494. The highest BCUT2D eigenvalue weighted by molar-refractivity contribution is 6.33. The normalized spacial score (nSPS) is 10.5.